The van der Waals surface area contributed by atoms with Gasteiger partial charge in [0.15, 0.2) is 0 Å². The van der Waals surface area contributed by atoms with E-state index in [-0.39, 0.29) is 5.56 Å². The molecular formula is C16H14N2O3. The van der Waals surface area contributed by atoms with E-state index in [2.05, 4.69) is 9.97 Å². The van der Waals surface area contributed by atoms with Crippen molar-refractivity contribution in [1.82, 2.24) is 9.97 Å². The van der Waals surface area contributed by atoms with Crippen LogP contribution in [-0.2, 0) is 6.61 Å². The van der Waals surface area contributed by atoms with Crippen LogP contribution in [0.3, 0.4) is 0 Å². The van der Waals surface area contributed by atoms with Crippen molar-refractivity contribution in [1.29, 1.82) is 0 Å². The maximum Gasteiger partial charge on any atom is 0.258 e. The van der Waals surface area contributed by atoms with Crippen molar-refractivity contribution >= 4 is 10.9 Å². The monoisotopic (exact) mass is 282 g/mol. The lowest BCUT2D eigenvalue weighted by atomic mass is 10.2. The lowest BCUT2D eigenvalue weighted by molar-refractivity contribution is 0.306. The topological polar surface area (TPSA) is 64.2 Å². The summed E-state index contributed by atoms with van der Waals surface area (Å²) in [7, 11) is 1.63. The van der Waals surface area contributed by atoms with Crippen molar-refractivity contribution in [3.63, 3.8) is 0 Å². The third-order valence-electron chi connectivity index (χ3n) is 3.18. The number of H-pyrrole nitrogens is 1. The van der Waals surface area contributed by atoms with Gasteiger partial charge in [-0.2, -0.15) is 0 Å². The van der Waals surface area contributed by atoms with E-state index in [4.69, 9.17) is 9.47 Å². The van der Waals surface area contributed by atoms with Gasteiger partial charge in [-0.1, -0.05) is 12.1 Å². The molecule has 0 saturated carbocycles. The minimum atomic E-state index is -0.171. The van der Waals surface area contributed by atoms with E-state index in [0.29, 0.717) is 23.3 Å². The zero-order valence-corrected chi connectivity index (χ0v) is 11.5. The number of nitrogens with one attached hydrogen (secondary N) is 1. The number of methoxy groups -OCH3 is 1. The molecule has 0 fully saturated rings. The van der Waals surface area contributed by atoms with Crippen molar-refractivity contribution in [2.24, 2.45) is 0 Å². The quantitative estimate of drug-likeness (QED) is 0.798. The second-order valence-corrected chi connectivity index (χ2v) is 4.55. The first kappa shape index (κ1) is 13.2. The van der Waals surface area contributed by atoms with Crippen molar-refractivity contribution in [2.45, 2.75) is 6.61 Å². The Morgan fingerprint density at radius 3 is 2.62 bits per heavy atom. The summed E-state index contributed by atoms with van der Waals surface area (Å²) in [6.45, 7) is 0.424. The fourth-order valence-electron chi connectivity index (χ4n) is 2.03. The minimum Gasteiger partial charge on any atom is -0.497 e. The standard InChI is InChI=1S/C16H14N2O3/c1-20-12-4-2-11(3-5-12)9-21-13-6-7-15-14(8-13)16(19)18-10-17-15/h2-8,10H,9H2,1H3,(H,17,18,19). The first-order valence-corrected chi connectivity index (χ1v) is 6.49. The number of ether oxygens (including phenoxy) is 2. The summed E-state index contributed by atoms with van der Waals surface area (Å²) < 4.78 is 10.8. The third-order valence-corrected chi connectivity index (χ3v) is 3.18. The van der Waals surface area contributed by atoms with Crippen LogP contribution in [0, 0.1) is 0 Å². The number of aromatic nitrogens is 2. The number of nitrogens with zero attached hydrogens (tertiary/aromatic N) is 1. The average molecular weight is 282 g/mol. The maximum atomic E-state index is 11.7. The lowest BCUT2D eigenvalue weighted by Gasteiger charge is -2.07. The van der Waals surface area contributed by atoms with E-state index in [1.807, 2.05) is 24.3 Å². The van der Waals surface area contributed by atoms with Crippen LogP contribution in [0.25, 0.3) is 10.9 Å². The molecule has 0 unspecified atom stereocenters. The van der Waals surface area contributed by atoms with Crippen LogP contribution in [0.2, 0.25) is 0 Å². The first-order valence-electron chi connectivity index (χ1n) is 6.49. The van der Waals surface area contributed by atoms with Crippen molar-refractivity contribution in [3.8, 4) is 11.5 Å². The summed E-state index contributed by atoms with van der Waals surface area (Å²) in [6, 6.07) is 12.9. The minimum absolute atomic E-state index is 0.171. The molecule has 5 nitrogen and oxygen atoms in total. The Labute approximate surface area is 121 Å². The van der Waals surface area contributed by atoms with Crippen LogP contribution < -0.4 is 15.0 Å². The second-order valence-electron chi connectivity index (χ2n) is 4.55. The lowest BCUT2D eigenvalue weighted by Crippen LogP contribution is -2.06. The highest BCUT2D eigenvalue weighted by molar-refractivity contribution is 5.78. The van der Waals surface area contributed by atoms with E-state index < -0.39 is 0 Å². The zero-order valence-electron chi connectivity index (χ0n) is 11.5. The smallest absolute Gasteiger partial charge is 0.258 e. The summed E-state index contributed by atoms with van der Waals surface area (Å²) in [5, 5.41) is 0.518. The van der Waals surface area contributed by atoms with Crippen molar-refractivity contribution in [2.75, 3.05) is 7.11 Å². The zero-order chi connectivity index (χ0) is 14.7. The summed E-state index contributed by atoms with van der Waals surface area (Å²) in [6.07, 6.45) is 1.39. The fourth-order valence-corrected chi connectivity index (χ4v) is 2.03. The predicted molar refractivity (Wildman–Crippen MR) is 79.7 cm³/mol. The van der Waals surface area contributed by atoms with Gasteiger partial charge < -0.3 is 14.5 Å². The number of hydrogen-bond donors (Lipinski definition) is 1. The van der Waals surface area contributed by atoms with E-state index in [0.717, 1.165) is 11.3 Å². The largest absolute Gasteiger partial charge is 0.497 e. The molecule has 2 aromatic carbocycles. The molecule has 0 saturated heterocycles. The molecule has 1 aromatic heterocycles. The Balaban J connectivity index is 1.78. The second kappa shape index (κ2) is 5.66. The number of benzene rings is 2. The summed E-state index contributed by atoms with van der Waals surface area (Å²) in [4.78, 5) is 18.4. The molecule has 0 bridgehead atoms. The molecule has 0 atom stereocenters. The number of aromatic amines is 1. The van der Waals surface area contributed by atoms with Gasteiger partial charge in [0.2, 0.25) is 0 Å². The number of fused-ring (bicyclic) bond motifs is 1. The molecule has 0 aliphatic carbocycles. The molecule has 0 spiro atoms. The van der Waals surface area contributed by atoms with Gasteiger partial charge in [0.25, 0.3) is 5.56 Å². The highest BCUT2D eigenvalue weighted by Crippen LogP contribution is 2.18. The van der Waals surface area contributed by atoms with Crippen molar-refractivity contribution < 1.29 is 9.47 Å². The average Bonchev–Trinajstić information content (AvgIpc) is 2.54. The highest BCUT2D eigenvalue weighted by atomic mass is 16.5. The molecule has 0 aliphatic heterocycles. The molecule has 106 valence electrons. The van der Waals surface area contributed by atoms with E-state index in [1.165, 1.54) is 6.33 Å². The van der Waals surface area contributed by atoms with Crippen LogP contribution in [0.4, 0.5) is 0 Å². The molecule has 1 heterocycles. The summed E-state index contributed by atoms with van der Waals surface area (Å²) >= 11 is 0. The van der Waals surface area contributed by atoms with Crippen molar-refractivity contribution in [3.05, 3.63) is 64.7 Å². The molecule has 3 aromatic rings. The molecule has 21 heavy (non-hydrogen) atoms. The molecule has 0 radical (unpaired) electrons. The first-order chi connectivity index (χ1) is 10.3. The maximum absolute atomic E-state index is 11.7. The molecule has 5 heteroatoms. The Morgan fingerprint density at radius 2 is 1.86 bits per heavy atom. The Hall–Kier alpha value is -2.82. The van der Waals surface area contributed by atoms with Gasteiger partial charge in [-0.15, -0.1) is 0 Å². The van der Waals surface area contributed by atoms with Crippen LogP contribution in [0.1, 0.15) is 5.56 Å². The summed E-state index contributed by atoms with van der Waals surface area (Å²) in [5.41, 5.74) is 1.50. The normalized spacial score (nSPS) is 10.5. The molecule has 3 rings (SSSR count). The van der Waals surface area contributed by atoms with Gasteiger partial charge in [-0.3, -0.25) is 4.79 Å². The number of hydrogen-bond acceptors (Lipinski definition) is 4. The Bertz CT molecular complexity index is 810. The molecule has 0 aliphatic rings. The molecule has 0 amide bonds. The van der Waals surface area contributed by atoms with Crippen LogP contribution in [-0.4, -0.2) is 17.1 Å². The SMILES string of the molecule is COc1ccc(COc2ccc3nc[nH]c(=O)c3c2)cc1. The van der Waals surface area contributed by atoms with Crippen LogP contribution >= 0.6 is 0 Å². The van der Waals surface area contributed by atoms with Gasteiger partial charge in [0, 0.05) is 0 Å². The van der Waals surface area contributed by atoms with Gasteiger partial charge in [-0.05, 0) is 35.9 Å². The van der Waals surface area contributed by atoms with E-state index >= 15 is 0 Å². The van der Waals surface area contributed by atoms with E-state index in [1.54, 1.807) is 25.3 Å². The molecular weight excluding hydrogens is 268 g/mol. The molecule has 1 N–H and O–H groups in total. The predicted octanol–water partition coefficient (Wildman–Crippen LogP) is 2.51. The van der Waals surface area contributed by atoms with Gasteiger partial charge in [0.1, 0.15) is 18.1 Å². The Morgan fingerprint density at radius 1 is 1.10 bits per heavy atom. The van der Waals surface area contributed by atoms with Gasteiger partial charge in [-0.25, -0.2) is 4.98 Å². The summed E-state index contributed by atoms with van der Waals surface area (Å²) in [5.74, 6) is 1.44. The Kier molecular flexibility index (Phi) is 3.55. The third kappa shape index (κ3) is 2.86. The fraction of sp³-hybridized carbons (Fsp3) is 0.125. The highest BCUT2D eigenvalue weighted by Gasteiger charge is 2.02. The van der Waals surface area contributed by atoms with Gasteiger partial charge in [0.05, 0.1) is 24.3 Å². The van der Waals surface area contributed by atoms with Gasteiger partial charge >= 0.3 is 0 Å². The van der Waals surface area contributed by atoms with Crippen LogP contribution in [0.5, 0.6) is 11.5 Å². The number of rotatable bonds is 4. The van der Waals surface area contributed by atoms with E-state index in [9.17, 15) is 4.79 Å². The van der Waals surface area contributed by atoms with Crippen LogP contribution in [0.15, 0.2) is 53.6 Å².